The van der Waals surface area contributed by atoms with E-state index in [1.165, 1.54) is 12.1 Å². The van der Waals surface area contributed by atoms with Crippen LogP contribution in [0.5, 0.6) is 11.5 Å². The first-order valence-corrected chi connectivity index (χ1v) is 15.6. The average molecular weight is 687 g/mol. The van der Waals surface area contributed by atoms with Gasteiger partial charge in [0, 0.05) is 9.79 Å². The van der Waals surface area contributed by atoms with E-state index in [2.05, 4.69) is 29.8 Å². The van der Waals surface area contributed by atoms with Crippen LogP contribution in [0.15, 0.2) is 125 Å². The maximum atomic E-state index is 12.2. The summed E-state index contributed by atoms with van der Waals surface area (Å²) in [5.74, 6) is 1.38. The van der Waals surface area contributed by atoms with Crippen LogP contribution < -0.4 is 73.8 Å². The minimum Gasteiger partial charge on any atom is -0.744 e. The number of benzene rings is 4. The Hall–Kier alpha value is -1.83. The number of hydrogen-bond acceptors (Lipinski definition) is 14. The molecule has 0 bridgehead atoms. The fourth-order valence-electron chi connectivity index (χ4n) is 3.50. The SMILES string of the molecule is CCOc1ccc(N=Nc2ccc(Sc3ccc(N=Nc4ccc(OCC)cc4)cc3S(=O)(=O)[O-])c(SOO[O-])c2)cc1.[Na+].[Na+]. The Labute approximate surface area is 313 Å². The minimum atomic E-state index is -4.90. The van der Waals surface area contributed by atoms with Crippen LogP contribution >= 0.6 is 23.8 Å². The number of ether oxygens (including phenoxy) is 2. The van der Waals surface area contributed by atoms with E-state index in [1.807, 2.05) is 13.8 Å². The quantitative estimate of drug-likeness (QED) is 0.0475. The normalized spacial score (nSPS) is 11.3. The predicted octanol–water partition coefficient (Wildman–Crippen LogP) is 1.61. The van der Waals surface area contributed by atoms with Crippen LogP contribution in [-0.4, -0.2) is 26.2 Å². The Morgan fingerprint density at radius 1 is 0.644 bits per heavy atom. The Balaban J connectivity index is 0.00000353. The van der Waals surface area contributed by atoms with Crippen molar-refractivity contribution in [3.05, 3.63) is 84.9 Å². The Morgan fingerprint density at radius 2 is 1.09 bits per heavy atom. The molecular weight excluding hydrogens is 663 g/mol. The monoisotopic (exact) mass is 686 g/mol. The van der Waals surface area contributed by atoms with Gasteiger partial charge in [0.15, 0.2) is 0 Å². The molecule has 12 nitrogen and oxygen atoms in total. The Morgan fingerprint density at radius 3 is 1.56 bits per heavy atom. The third-order valence-corrected chi connectivity index (χ3v) is 8.28. The molecule has 17 heteroatoms. The van der Waals surface area contributed by atoms with Crippen molar-refractivity contribution in [1.82, 2.24) is 0 Å². The second-order valence-corrected chi connectivity index (χ2v) is 11.5. The van der Waals surface area contributed by atoms with Crippen molar-refractivity contribution in [2.75, 3.05) is 13.2 Å². The van der Waals surface area contributed by atoms with E-state index < -0.39 is 15.0 Å². The van der Waals surface area contributed by atoms with Gasteiger partial charge in [-0.3, -0.25) is 5.04 Å². The molecule has 0 fully saturated rings. The maximum absolute atomic E-state index is 12.2. The van der Waals surface area contributed by atoms with Gasteiger partial charge in [0.25, 0.3) is 0 Å². The summed E-state index contributed by atoms with van der Waals surface area (Å²) in [5, 5.41) is 30.6. The summed E-state index contributed by atoms with van der Waals surface area (Å²) in [6.07, 6.45) is 0. The summed E-state index contributed by atoms with van der Waals surface area (Å²) < 4.78 is 51.8. The summed E-state index contributed by atoms with van der Waals surface area (Å²) in [7, 11) is -4.90. The second kappa shape index (κ2) is 19.7. The zero-order chi connectivity index (χ0) is 30.7. The summed E-state index contributed by atoms with van der Waals surface area (Å²) in [6, 6.07) is 22.8. The van der Waals surface area contributed by atoms with E-state index in [0.717, 1.165) is 17.8 Å². The molecule has 0 aliphatic rings. The Bertz CT molecular complexity index is 1700. The number of azo groups is 2. The van der Waals surface area contributed by atoms with Crippen LogP contribution in [-0.2, 0) is 19.5 Å². The third-order valence-electron chi connectivity index (χ3n) is 5.35. The summed E-state index contributed by atoms with van der Waals surface area (Å²) >= 11 is 1.56. The van der Waals surface area contributed by atoms with Crippen molar-refractivity contribution >= 4 is 56.7 Å². The number of rotatable bonds is 14. The first-order valence-electron chi connectivity index (χ1n) is 12.6. The summed E-state index contributed by atoms with van der Waals surface area (Å²) in [6.45, 7) is 4.83. The molecule has 0 atom stereocenters. The van der Waals surface area contributed by atoms with Gasteiger partial charge in [0.1, 0.15) is 21.6 Å². The molecule has 45 heavy (non-hydrogen) atoms. The topological polar surface area (TPSA) is 167 Å². The second-order valence-electron chi connectivity index (χ2n) is 8.29. The molecule has 0 heterocycles. The van der Waals surface area contributed by atoms with E-state index in [4.69, 9.17) is 9.47 Å². The average Bonchev–Trinajstić information content (AvgIpc) is 3.00. The van der Waals surface area contributed by atoms with Gasteiger partial charge in [-0.2, -0.15) is 24.8 Å². The predicted molar refractivity (Wildman–Crippen MR) is 157 cm³/mol. The smallest absolute Gasteiger partial charge is 0.744 e. The van der Waals surface area contributed by atoms with Crippen molar-refractivity contribution in [2.45, 2.75) is 33.4 Å². The fourth-order valence-corrected chi connectivity index (χ4v) is 5.98. The molecule has 0 aliphatic carbocycles. The van der Waals surface area contributed by atoms with Crippen LogP contribution in [0.2, 0.25) is 0 Å². The van der Waals surface area contributed by atoms with E-state index in [9.17, 15) is 18.2 Å². The van der Waals surface area contributed by atoms with Gasteiger partial charge in [-0.1, -0.05) is 11.8 Å². The van der Waals surface area contributed by atoms with Gasteiger partial charge in [-0.15, -0.1) is 0 Å². The van der Waals surface area contributed by atoms with Crippen molar-refractivity contribution < 1.29 is 96.2 Å². The van der Waals surface area contributed by atoms with Crippen molar-refractivity contribution in [1.29, 1.82) is 0 Å². The van der Waals surface area contributed by atoms with E-state index in [1.54, 1.807) is 66.7 Å². The van der Waals surface area contributed by atoms with Gasteiger partial charge in [-0.05, 0) is 98.8 Å². The van der Waals surface area contributed by atoms with Crippen LogP contribution in [0.4, 0.5) is 22.7 Å². The first-order chi connectivity index (χ1) is 20.8. The molecule has 0 spiro atoms. The molecule has 0 radical (unpaired) electrons. The van der Waals surface area contributed by atoms with Crippen molar-refractivity contribution in [3.8, 4) is 11.5 Å². The summed E-state index contributed by atoms with van der Waals surface area (Å²) in [5.41, 5.74) is 1.67. The Kier molecular flexibility index (Phi) is 17.3. The molecule has 0 amide bonds. The van der Waals surface area contributed by atoms with Crippen molar-refractivity contribution in [3.63, 3.8) is 0 Å². The van der Waals surface area contributed by atoms with Crippen LogP contribution in [0.3, 0.4) is 0 Å². The molecule has 0 unspecified atom stereocenters. The number of nitrogens with zero attached hydrogens (tertiary/aromatic N) is 4. The fraction of sp³-hybridized carbons (Fsp3) is 0.143. The van der Waals surface area contributed by atoms with Crippen LogP contribution in [0, 0.1) is 0 Å². The molecule has 4 aromatic carbocycles. The van der Waals surface area contributed by atoms with Gasteiger partial charge in [-0.25, -0.2) is 8.42 Å². The molecular formula is C28H24N4Na2O8S3. The molecule has 224 valence electrons. The van der Waals surface area contributed by atoms with E-state index >= 15 is 0 Å². The standard InChI is InChI=1S/C28H26N4O8S3.2Na/c1-3-37-23-11-5-19(6-12-23)29-31-21-9-15-25(27(17-21)42-40-39-33)41-26-16-10-22(18-28(26)43(34,35)36)32-30-20-7-13-24(14-8-20)38-4-2;;/h5-18,33H,3-4H2,1-2H3,(H,34,35,36);;/q;2*+1/p-2. The number of hydrogen-bond donors (Lipinski definition) is 0. The maximum Gasteiger partial charge on any atom is 1.00 e. The van der Waals surface area contributed by atoms with Gasteiger partial charge in [0.2, 0.25) is 0 Å². The molecule has 4 rings (SSSR count). The van der Waals surface area contributed by atoms with E-state index in [-0.39, 0.29) is 69.7 Å². The largest absolute Gasteiger partial charge is 1.00 e. The van der Waals surface area contributed by atoms with Gasteiger partial charge in [0.05, 0.1) is 57.8 Å². The first kappa shape index (κ1) is 39.3. The minimum absolute atomic E-state index is 0. The third kappa shape index (κ3) is 12.4. The molecule has 0 saturated heterocycles. The zero-order valence-corrected chi connectivity index (χ0v) is 31.2. The van der Waals surface area contributed by atoms with Crippen molar-refractivity contribution in [2.24, 2.45) is 20.5 Å². The van der Waals surface area contributed by atoms with Gasteiger partial charge >= 0.3 is 59.1 Å². The molecule has 0 saturated carbocycles. The molecule has 4 aromatic rings. The molecule has 0 aromatic heterocycles. The van der Waals surface area contributed by atoms with Crippen LogP contribution in [0.1, 0.15) is 13.8 Å². The van der Waals surface area contributed by atoms with Crippen LogP contribution in [0.25, 0.3) is 0 Å². The van der Waals surface area contributed by atoms with Gasteiger partial charge < -0.3 is 19.3 Å². The molecule has 0 aliphatic heterocycles. The summed E-state index contributed by atoms with van der Waals surface area (Å²) in [4.78, 5) is 0.453. The van der Waals surface area contributed by atoms with E-state index in [0.29, 0.717) is 63.6 Å². The molecule has 0 N–H and O–H groups in total. The zero-order valence-electron chi connectivity index (χ0n) is 24.8.